The van der Waals surface area contributed by atoms with Crippen molar-refractivity contribution in [2.75, 3.05) is 12.3 Å². The second kappa shape index (κ2) is 4.43. The van der Waals surface area contributed by atoms with Crippen molar-refractivity contribution in [1.82, 2.24) is 4.90 Å². The first-order chi connectivity index (χ1) is 8.74. The number of likely N-dealkylation sites (tertiary alicyclic amines) is 1. The summed E-state index contributed by atoms with van der Waals surface area (Å²) >= 11 is 4.12. The summed E-state index contributed by atoms with van der Waals surface area (Å²) in [5.74, 6) is 0.0906. The predicted molar refractivity (Wildman–Crippen MR) is 71.6 cm³/mol. The Morgan fingerprint density at radius 2 is 2.00 bits per heavy atom. The quantitative estimate of drug-likeness (QED) is 0.649. The zero-order valence-electron chi connectivity index (χ0n) is 10.0. The van der Waals surface area contributed by atoms with E-state index in [2.05, 4.69) is 18.7 Å². The van der Waals surface area contributed by atoms with Crippen molar-refractivity contribution in [3.63, 3.8) is 0 Å². The summed E-state index contributed by atoms with van der Waals surface area (Å²) in [6.07, 6.45) is 1.68. The van der Waals surface area contributed by atoms with Crippen LogP contribution in [-0.2, 0) is 16.0 Å². The van der Waals surface area contributed by atoms with Gasteiger partial charge < -0.3 is 0 Å². The third kappa shape index (κ3) is 1.59. The average Bonchev–Trinajstić information content (AvgIpc) is 2.64. The molecule has 2 aliphatic rings. The molecule has 3 nitrogen and oxygen atoms in total. The molecule has 1 heterocycles. The standard InChI is InChI=1S/C14H15NO2S/c16-13-11-6-5-9-3-1-2-4-10(9)12(11)14(17)15(13)7-8-18/h1-4,11-12,18H,5-8H2. The van der Waals surface area contributed by atoms with Crippen molar-refractivity contribution >= 4 is 24.4 Å². The van der Waals surface area contributed by atoms with Crippen molar-refractivity contribution in [2.24, 2.45) is 5.92 Å². The highest BCUT2D eigenvalue weighted by molar-refractivity contribution is 7.80. The first-order valence-electron chi connectivity index (χ1n) is 6.28. The molecule has 0 N–H and O–H groups in total. The maximum atomic E-state index is 12.4. The third-order valence-electron chi connectivity index (χ3n) is 3.96. The Bertz CT molecular complexity index is 514. The van der Waals surface area contributed by atoms with Gasteiger partial charge in [0.2, 0.25) is 11.8 Å². The monoisotopic (exact) mass is 261 g/mol. The van der Waals surface area contributed by atoms with Gasteiger partial charge in [0.1, 0.15) is 0 Å². The fourth-order valence-corrected chi connectivity index (χ4v) is 3.33. The number of imide groups is 1. The van der Waals surface area contributed by atoms with Gasteiger partial charge in [-0.15, -0.1) is 0 Å². The minimum absolute atomic E-state index is 0.00597. The summed E-state index contributed by atoms with van der Waals surface area (Å²) in [4.78, 5) is 26.0. The summed E-state index contributed by atoms with van der Waals surface area (Å²) < 4.78 is 0. The van der Waals surface area contributed by atoms with Crippen LogP contribution >= 0.6 is 12.6 Å². The maximum Gasteiger partial charge on any atom is 0.237 e. The highest BCUT2D eigenvalue weighted by Gasteiger charge is 2.49. The molecule has 94 valence electrons. The average molecular weight is 261 g/mol. The summed E-state index contributed by atoms with van der Waals surface area (Å²) in [5.41, 5.74) is 2.27. The Balaban J connectivity index is 2.02. The zero-order valence-corrected chi connectivity index (χ0v) is 10.9. The van der Waals surface area contributed by atoms with Gasteiger partial charge in [0.25, 0.3) is 0 Å². The second-order valence-corrected chi connectivity index (χ2v) is 5.32. The van der Waals surface area contributed by atoms with Crippen molar-refractivity contribution in [3.8, 4) is 0 Å². The third-order valence-corrected chi connectivity index (χ3v) is 4.16. The zero-order chi connectivity index (χ0) is 12.7. The first-order valence-corrected chi connectivity index (χ1v) is 6.91. The molecule has 2 unspecified atom stereocenters. The lowest BCUT2D eigenvalue weighted by Crippen LogP contribution is -2.32. The molecular formula is C14H15NO2S. The topological polar surface area (TPSA) is 37.4 Å². The lowest BCUT2D eigenvalue weighted by Gasteiger charge is -2.24. The molecule has 0 radical (unpaired) electrons. The van der Waals surface area contributed by atoms with Crippen LogP contribution in [0.5, 0.6) is 0 Å². The van der Waals surface area contributed by atoms with Crippen LogP contribution in [-0.4, -0.2) is 29.0 Å². The van der Waals surface area contributed by atoms with Gasteiger partial charge in [-0.25, -0.2) is 0 Å². The van der Waals surface area contributed by atoms with Crippen molar-refractivity contribution in [1.29, 1.82) is 0 Å². The maximum absolute atomic E-state index is 12.4. The molecule has 1 fully saturated rings. The molecule has 1 aliphatic heterocycles. The van der Waals surface area contributed by atoms with Crippen LogP contribution in [0.2, 0.25) is 0 Å². The summed E-state index contributed by atoms with van der Waals surface area (Å²) in [6.45, 7) is 0.427. The molecule has 4 heteroatoms. The molecule has 1 saturated heterocycles. The van der Waals surface area contributed by atoms with Crippen LogP contribution in [0.25, 0.3) is 0 Å². The van der Waals surface area contributed by atoms with E-state index in [1.807, 2.05) is 18.2 Å². The number of hydrogen-bond acceptors (Lipinski definition) is 3. The fraction of sp³-hybridized carbons (Fsp3) is 0.429. The van der Waals surface area contributed by atoms with Crippen LogP contribution in [0.15, 0.2) is 24.3 Å². The first kappa shape index (κ1) is 11.8. The Labute approximate surface area is 112 Å². The second-order valence-electron chi connectivity index (χ2n) is 4.87. The largest absolute Gasteiger partial charge is 0.281 e. The summed E-state index contributed by atoms with van der Waals surface area (Å²) in [6, 6.07) is 7.98. The highest BCUT2D eigenvalue weighted by atomic mass is 32.1. The number of hydrogen-bond donors (Lipinski definition) is 1. The van der Waals surface area contributed by atoms with E-state index >= 15 is 0 Å². The molecular weight excluding hydrogens is 246 g/mol. The Morgan fingerprint density at radius 1 is 1.22 bits per heavy atom. The van der Waals surface area contributed by atoms with E-state index in [-0.39, 0.29) is 23.7 Å². The molecule has 1 aliphatic carbocycles. The van der Waals surface area contributed by atoms with Crippen molar-refractivity contribution < 1.29 is 9.59 Å². The highest BCUT2D eigenvalue weighted by Crippen LogP contribution is 2.42. The van der Waals surface area contributed by atoms with E-state index in [9.17, 15) is 9.59 Å². The van der Waals surface area contributed by atoms with Crippen LogP contribution < -0.4 is 0 Å². The Hall–Kier alpha value is -1.29. The van der Waals surface area contributed by atoms with E-state index in [4.69, 9.17) is 0 Å². The minimum Gasteiger partial charge on any atom is -0.281 e. The Kier molecular flexibility index (Phi) is 2.90. The number of thiol groups is 1. The Morgan fingerprint density at radius 3 is 2.78 bits per heavy atom. The SMILES string of the molecule is O=C1C2CCc3ccccc3C2C(=O)N1CCS. The van der Waals surface area contributed by atoms with E-state index in [1.54, 1.807) is 0 Å². The molecule has 1 aromatic carbocycles. The van der Waals surface area contributed by atoms with Gasteiger partial charge in [0, 0.05) is 12.3 Å². The van der Waals surface area contributed by atoms with E-state index in [0.717, 1.165) is 18.4 Å². The normalized spacial score (nSPS) is 26.2. The van der Waals surface area contributed by atoms with Crippen LogP contribution in [0, 0.1) is 5.92 Å². The molecule has 3 rings (SSSR count). The molecule has 0 spiro atoms. The van der Waals surface area contributed by atoms with Crippen molar-refractivity contribution in [2.45, 2.75) is 18.8 Å². The summed E-state index contributed by atoms with van der Waals surface area (Å²) in [5, 5.41) is 0. The number of benzene rings is 1. The van der Waals surface area contributed by atoms with Crippen LogP contribution in [0.4, 0.5) is 0 Å². The molecule has 0 aromatic heterocycles. The van der Waals surface area contributed by atoms with E-state index in [0.29, 0.717) is 12.3 Å². The molecule has 18 heavy (non-hydrogen) atoms. The lowest BCUT2D eigenvalue weighted by molar-refractivity contribution is -0.139. The lowest BCUT2D eigenvalue weighted by atomic mass is 9.76. The van der Waals surface area contributed by atoms with Crippen molar-refractivity contribution in [3.05, 3.63) is 35.4 Å². The molecule has 0 bridgehead atoms. The number of fused-ring (bicyclic) bond motifs is 3. The van der Waals surface area contributed by atoms with Crippen LogP contribution in [0.3, 0.4) is 0 Å². The number of carbonyl (C=O) groups is 2. The molecule has 0 saturated carbocycles. The van der Waals surface area contributed by atoms with Gasteiger partial charge in [-0.3, -0.25) is 14.5 Å². The smallest absolute Gasteiger partial charge is 0.237 e. The summed E-state index contributed by atoms with van der Waals surface area (Å²) in [7, 11) is 0. The van der Waals surface area contributed by atoms with Gasteiger partial charge in [0.15, 0.2) is 0 Å². The molecule has 2 amide bonds. The fourth-order valence-electron chi connectivity index (χ4n) is 3.13. The minimum atomic E-state index is -0.248. The number of carbonyl (C=O) groups excluding carboxylic acids is 2. The van der Waals surface area contributed by atoms with Gasteiger partial charge >= 0.3 is 0 Å². The number of aryl methyl sites for hydroxylation is 1. The predicted octanol–water partition coefficient (Wildman–Crippen LogP) is 1.63. The van der Waals surface area contributed by atoms with Crippen LogP contribution in [0.1, 0.15) is 23.5 Å². The van der Waals surface area contributed by atoms with Gasteiger partial charge in [-0.1, -0.05) is 24.3 Å². The number of amides is 2. The van der Waals surface area contributed by atoms with Gasteiger partial charge in [-0.05, 0) is 24.0 Å². The number of nitrogens with zero attached hydrogens (tertiary/aromatic N) is 1. The van der Waals surface area contributed by atoms with Gasteiger partial charge in [-0.2, -0.15) is 12.6 Å². The number of rotatable bonds is 2. The van der Waals surface area contributed by atoms with E-state index in [1.165, 1.54) is 10.5 Å². The molecule has 2 atom stereocenters. The van der Waals surface area contributed by atoms with E-state index < -0.39 is 0 Å². The van der Waals surface area contributed by atoms with Gasteiger partial charge in [0.05, 0.1) is 11.8 Å². The molecule has 1 aromatic rings.